The van der Waals surface area contributed by atoms with Crippen LogP contribution in [-0.4, -0.2) is 29.0 Å². The van der Waals surface area contributed by atoms with Crippen molar-refractivity contribution in [2.45, 2.75) is 32.4 Å². The molecule has 0 aromatic carbocycles. The number of nitro groups is 1. The van der Waals surface area contributed by atoms with Gasteiger partial charge in [0.2, 0.25) is 0 Å². The van der Waals surface area contributed by atoms with Gasteiger partial charge in [-0.05, 0) is 38.3 Å². The van der Waals surface area contributed by atoms with Gasteiger partial charge in [0.15, 0.2) is 0 Å². The Morgan fingerprint density at radius 2 is 2.33 bits per heavy atom. The molecule has 1 aromatic heterocycles. The molecule has 1 aromatic rings. The van der Waals surface area contributed by atoms with Crippen LogP contribution in [0.4, 0.5) is 5.88 Å². The van der Waals surface area contributed by atoms with E-state index < -0.39 is 4.92 Å². The number of rotatable bonds is 4. The fourth-order valence-corrected chi connectivity index (χ4v) is 2.42. The van der Waals surface area contributed by atoms with E-state index in [0.717, 1.165) is 19.4 Å². The van der Waals surface area contributed by atoms with Crippen LogP contribution in [-0.2, 0) is 6.54 Å². The molecule has 0 saturated carbocycles. The fraction of sp³-hybridized carbons (Fsp3) is 0.667. The Bertz CT molecular complexity index is 418. The third-order valence-electron chi connectivity index (χ3n) is 3.63. The SMILES string of the molecule is CC1CCC(CN)CN1Cc1ccc([N+](=O)[O-])o1. The summed E-state index contributed by atoms with van der Waals surface area (Å²) in [5.41, 5.74) is 5.71. The molecular formula is C12H19N3O3. The summed E-state index contributed by atoms with van der Waals surface area (Å²) in [6.07, 6.45) is 2.27. The molecule has 0 aliphatic carbocycles. The molecule has 1 saturated heterocycles. The Labute approximate surface area is 106 Å². The summed E-state index contributed by atoms with van der Waals surface area (Å²) in [4.78, 5) is 12.3. The molecule has 2 atom stereocenters. The van der Waals surface area contributed by atoms with E-state index in [1.165, 1.54) is 6.07 Å². The molecule has 18 heavy (non-hydrogen) atoms. The highest BCUT2D eigenvalue weighted by atomic mass is 16.6. The number of furan rings is 1. The number of likely N-dealkylation sites (tertiary alicyclic amines) is 1. The van der Waals surface area contributed by atoms with Crippen LogP contribution in [0, 0.1) is 16.0 Å². The predicted molar refractivity (Wildman–Crippen MR) is 67.0 cm³/mol. The van der Waals surface area contributed by atoms with Crippen molar-refractivity contribution in [3.8, 4) is 0 Å². The summed E-state index contributed by atoms with van der Waals surface area (Å²) in [6, 6.07) is 3.55. The summed E-state index contributed by atoms with van der Waals surface area (Å²) in [7, 11) is 0. The zero-order chi connectivity index (χ0) is 13.1. The van der Waals surface area contributed by atoms with Crippen molar-refractivity contribution < 1.29 is 9.34 Å². The van der Waals surface area contributed by atoms with Crippen LogP contribution in [0.5, 0.6) is 0 Å². The summed E-state index contributed by atoms with van der Waals surface area (Å²) in [6.45, 7) is 4.42. The lowest BCUT2D eigenvalue weighted by molar-refractivity contribution is -0.402. The van der Waals surface area contributed by atoms with E-state index in [-0.39, 0.29) is 5.88 Å². The molecule has 2 N–H and O–H groups in total. The highest BCUT2D eigenvalue weighted by molar-refractivity contribution is 5.17. The number of nitrogens with zero attached hydrogens (tertiary/aromatic N) is 2. The minimum absolute atomic E-state index is 0.190. The second-order valence-corrected chi connectivity index (χ2v) is 4.95. The summed E-state index contributed by atoms with van der Waals surface area (Å²) >= 11 is 0. The van der Waals surface area contributed by atoms with Crippen LogP contribution < -0.4 is 5.73 Å². The van der Waals surface area contributed by atoms with Gasteiger partial charge >= 0.3 is 5.88 Å². The van der Waals surface area contributed by atoms with Gasteiger partial charge in [0.1, 0.15) is 10.7 Å². The van der Waals surface area contributed by atoms with Crippen molar-refractivity contribution >= 4 is 5.88 Å². The lowest BCUT2D eigenvalue weighted by atomic mass is 9.93. The molecule has 6 nitrogen and oxygen atoms in total. The average molecular weight is 253 g/mol. The lowest BCUT2D eigenvalue weighted by Gasteiger charge is -2.37. The van der Waals surface area contributed by atoms with Crippen molar-refractivity contribution in [1.82, 2.24) is 4.90 Å². The van der Waals surface area contributed by atoms with E-state index >= 15 is 0 Å². The van der Waals surface area contributed by atoms with Gasteiger partial charge in [-0.3, -0.25) is 15.0 Å². The minimum atomic E-state index is -0.508. The van der Waals surface area contributed by atoms with Crippen LogP contribution in [0.1, 0.15) is 25.5 Å². The van der Waals surface area contributed by atoms with Crippen molar-refractivity contribution in [2.24, 2.45) is 11.7 Å². The van der Waals surface area contributed by atoms with Crippen LogP contribution in [0.25, 0.3) is 0 Å². The molecule has 1 aliphatic heterocycles. The van der Waals surface area contributed by atoms with E-state index in [4.69, 9.17) is 10.2 Å². The molecule has 2 unspecified atom stereocenters. The average Bonchev–Trinajstić information content (AvgIpc) is 2.81. The Morgan fingerprint density at radius 3 is 2.94 bits per heavy atom. The molecule has 2 heterocycles. The van der Waals surface area contributed by atoms with Crippen LogP contribution >= 0.6 is 0 Å². The number of nitrogens with two attached hydrogens (primary N) is 1. The summed E-state index contributed by atoms with van der Waals surface area (Å²) in [5, 5.41) is 10.6. The van der Waals surface area contributed by atoms with E-state index in [0.29, 0.717) is 30.8 Å². The molecule has 1 aliphatic rings. The predicted octanol–water partition coefficient (Wildman–Crippen LogP) is 1.75. The Morgan fingerprint density at radius 1 is 1.56 bits per heavy atom. The molecule has 0 bridgehead atoms. The van der Waals surface area contributed by atoms with E-state index in [1.807, 2.05) is 0 Å². The van der Waals surface area contributed by atoms with Crippen molar-refractivity contribution in [1.29, 1.82) is 0 Å². The van der Waals surface area contributed by atoms with Crippen LogP contribution in [0.15, 0.2) is 16.5 Å². The first-order chi connectivity index (χ1) is 8.60. The maximum absolute atomic E-state index is 10.6. The first-order valence-electron chi connectivity index (χ1n) is 6.27. The van der Waals surface area contributed by atoms with Gasteiger partial charge in [0, 0.05) is 12.6 Å². The first-order valence-corrected chi connectivity index (χ1v) is 6.27. The third-order valence-corrected chi connectivity index (χ3v) is 3.63. The topological polar surface area (TPSA) is 85.5 Å². The smallest absolute Gasteiger partial charge is 0.404 e. The Kier molecular flexibility index (Phi) is 3.98. The molecule has 1 fully saturated rings. The zero-order valence-corrected chi connectivity index (χ0v) is 10.5. The van der Waals surface area contributed by atoms with Gasteiger partial charge in [-0.15, -0.1) is 0 Å². The molecule has 2 rings (SSSR count). The van der Waals surface area contributed by atoms with Gasteiger partial charge in [-0.2, -0.15) is 0 Å². The highest BCUT2D eigenvalue weighted by Gasteiger charge is 2.25. The van der Waals surface area contributed by atoms with Crippen LogP contribution in [0.2, 0.25) is 0 Å². The van der Waals surface area contributed by atoms with Crippen molar-refractivity contribution in [2.75, 3.05) is 13.1 Å². The molecule has 0 amide bonds. The lowest BCUT2D eigenvalue weighted by Crippen LogP contribution is -2.43. The van der Waals surface area contributed by atoms with Gasteiger partial charge in [0.25, 0.3) is 0 Å². The van der Waals surface area contributed by atoms with Crippen molar-refractivity contribution in [3.05, 3.63) is 28.0 Å². The van der Waals surface area contributed by atoms with E-state index in [2.05, 4.69) is 11.8 Å². The van der Waals surface area contributed by atoms with Gasteiger partial charge in [-0.1, -0.05) is 0 Å². The Hall–Kier alpha value is -1.40. The van der Waals surface area contributed by atoms with E-state index in [9.17, 15) is 10.1 Å². The van der Waals surface area contributed by atoms with Crippen LogP contribution in [0.3, 0.4) is 0 Å². The molecule has 6 heteroatoms. The third kappa shape index (κ3) is 2.88. The van der Waals surface area contributed by atoms with Gasteiger partial charge < -0.3 is 10.2 Å². The summed E-state index contributed by atoms with van der Waals surface area (Å²) < 4.78 is 5.19. The molecule has 0 spiro atoms. The maximum Gasteiger partial charge on any atom is 0.433 e. The number of hydrogen-bond donors (Lipinski definition) is 1. The second-order valence-electron chi connectivity index (χ2n) is 4.95. The minimum Gasteiger partial charge on any atom is -0.404 e. The van der Waals surface area contributed by atoms with E-state index in [1.54, 1.807) is 6.07 Å². The largest absolute Gasteiger partial charge is 0.433 e. The number of piperidine rings is 1. The number of hydrogen-bond acceptors (Lipinski definition) is 5. The molecular weight excluding hydrogens is 234 g/mol. The normalized spacial score (nSPS) is 25.2. The Balaban J connectivity index is 2.00. The molecule has 100 valence electrons. The highest BCUT2D eigenvalue weighted by Crippen LogP contribution is 2.24. The maximum atomic E-state index is 10.6. The zero-order valence-electron chi connectivity index (χ0n) is 10.5. The summed E-state index contributed by atoms with van der Waals surface area (Å²) in [5.74, 6) is 0.974. The fourth-order valence-electron chi connectivity index (χ4n) is 2.42. The van der Waals surface area contributed by atoms with Crippen molar-refractivity contribution in [3.63, 3.8) is 0 Å². The standard InChI is InChI=1S/C12H19N3O3/c1-9-2-3-10(6-13)7-14(9)8-11-4-5-12(18-11)15(16)17/h4-5,9-10H,2-3,6-8,13H2,1H3. The second kappa shape index (κ2) is 5.49. The van der Waals surface area contributed by atoms with Gasteiger partial charge in [-0.25, -0.2) is 0 Å². The first kappa shape index (κ1) is 13.0. The quantitative estimate of drug-likeness (QED) is 0.652. The monoisotopic (exact) mass is 253 g/mol. The van der Waals surface area contributed by atoms with Gasteiger partial charge in [0.05, 0.1) is 12.6 Å². The molecule has 0 radical (unpaired) electrons.